The molecule has 6 nitrogen and oxygen atoms in total. The number of fused-ring (bicyclic) bond motifs is 18. The lowest BCUT2D eigenvalue weighted by Gasteiger charge is -2.25. The molecule has 28 rings (SSSR count). The molecule has 0 fully saturated rings. The van der Waals surface area contributed by atoms with Gasteiger partial charge in [-0.05, 0) is 279 Å². The number of aromatic nitrogens is 4. The van der Waals surface area contributed by atoms with Crippen LogP contribution in [0.3, 0.4) is 0 Å². The summed E-state index contributed by atoms with van der Waals surface area (Å²) in [6.45, 7) is 7.97. The number of rotatable bonds is 18. The summed E-state index contributed by atoms with van der Waals surface area (Å²) in [7, 11) is 0. The predicted molar refractivity (Wildman–Crippen MR) is 618 cm³/mol. The van der Waals surface area contributed by atoms with Crippen LogP contribution in [0.5, 0.6) is 0 Å². The lowest BCUT2D eigenvalue weighted by atomic mass is 9.90. The highest BCUT2D eigenvalue weighted by molar-refractivity contribution is 7.26. The summed E-state index contributed by atoms with van der Waals surface area (Å²) in [6, 6.07) is 187. The first-order valence-corrected chi connectivity index (χ1v) is 50.7. The first-order valence-electron chi connectivity index (χ1n) is 49.0. The fourth-order valence-electron chi connectivity index (χ4n) is 22.3. The quantitative estimate of drug-likeness (QED) is 0.0856. The molecule has 0 atom stereocenters. The molecule has 0 saturated heterocycles. The van der Waals surface area contributed by atoms with Gasteiger partial charge in [-0.3, -0.25) is 0 Å². The molecule has 0 spiro atoms. The maximum Gasteiger partial charge on any atom is 0.0640 e. The Labute approximate surface area is 841 Å². The highest BCUT2D eigenvalue weighted by atomic mass is 32.1. The molecule has 0 unspecified atom stereocenters. The van der Waals surface area contributed by atoms with Gasteiger partial charge < -0.3 is 28.1 Å². The van der Waals surface area contributed by atoms with Gasteiger partial charge in [0, 0.05) is 135 Å². The van der Waals surface area contributed by atoms with Gasteiger partial charge >= 0.3 is 0 Å². The van der Waals surface area contributed by atoms with Crippen LogP contribution < -0.4 is 9.80 Å². The molecule has 6 heterocycles. The van der Waals surface area contributed by atoms with Gasteiger partial charge in [-0.2, -0.15) is 0 Å². The van der Waals surface area contributed by atoms with E-state index in [1.54, 1.807) is 0 Å². The van der Waals surface area contributed by atoms with E-state index >= 15 is 0 Å². The van der Waals surface area contributed by atoms with Crippen molar-refractivity contribution in [3.8, 4) is 89.5 Å². The molecule has 6 aromatic heterocycles. The van der Waals surface area contributed by atoms with Crippen LogP contribution in [0.2, 0.25) is 0 Å². The Morgan fingerprint density at radius 3 is 1.03 bits per heavy atom. The van der Waals surface area contributed by atoms with Crippen molar-refractivity contribution in [1.82, 2.24) is 18.3 Å². The first-order chi connectivity index (χ1) is 71.3. The molecule has 0 bridgehead atoms. The summed E-state index contributed by atoms with van der Waals surface area (Å²) < 4.78 is 14.8. The third-order valence-corrected chi connectivity index (χ3v) is 31.3. The Morgan fingerprint density at radius 2 is 0.528 bits per heavy atom. The van der Waals surface area contributed by atoms with Crippen molar-refractivity contribution < 1.29 is 0 Å². The number of thiophene rings is 2. The molecule has 0 N–H and O–H groups in total. The number of benzene rings is 22. The number of anilines is 6. The lowest BCUT2D eigenvalue weighted by molar-refractivity contribution is 1.18. The Balaban J connectivity index is 0.000000160. The molecule has 0 aliphatic carbocycles. The number of para-hydroxylation sites is 10. The summed E-state index contributed by atoms with van der Waals surface area (Å²) in [6.07, 6.45) is 3.82. The van der Waals surface area contributed by atoms with Crippen molar-refractivity contribution in [3.05, 3.63) is 534 Å². The summed E-state index contributed by atoms with van der Waals surface area (Å²) in [5.74, 6) is 0. The van der Waals surface area contributed by atoms with Gasteiger partial charge in [0.15, 0.2) is 0 Å². The summed E-state index contributed by atoms with van der Waals surface area (Å²) in [5, 5.41) is 14.9. The second-order valence-corrected chi connectivity index (χ2v) is 39.2. The van der Waals surface area contributed by atoms with Crippen molar-refractivity contribution in [1.29, 1.82) is 0 Å². The zero-order valence-corrected chi connectivity index (χ0v) is 80.2. The molecule has 144 heavy (non-hydrogen) atoms. The van der Waals surface area contributed by atoms with Crippen LogP contribution in [-0.4, -0.2) is 18.3 Å². The van der Waals surface area contributed by atoms with Gasteiger partial charge in [-0.1, -0.05) is 329 Å². The van der Waals surface area contributed by atoms with E-state index in [4.69, 9.17) is 0 Å². The average Bonchev–Trinajstić information content (AvgIpc) is 1.57. The lowest BCUT2D eigenvalue weighted by Crippen LogP contribution is -2.09. The minimum Gasteiger partial charge on any atom is -0.311 e. The molecule has 28 aromatic rings. The van der Waals surface area contributed by atoms with Crippen LogP contribution >= 0.6 is 22.7 Å². The summed E-state index contributed by atoms with van der Waals surface area (Å²) in [5.41, 5.74) is 37.2. The van der Waals surface area contributed by atoms with Gasteiger partial charge in [0.05, 0.1) is 54.5 Å². The second kappa shape index (κ2) is 35.5. The van der Waals surface area contributed by atoms with Crippen LogP contribution in [0.1, 0.15) is 11.1 Å². The monoisotopic (exact) mass is 1870 g/mol. The van der Waals surface area contributed by atoms with Crippen LogP contribution in [0.15, 0.2) is 523 Å². The van der Waals surface area contributed by atoms with E-state index in [1.165, 1.54) is 183 Å². The van der Waals surface area contributed by atoms with E-state index < -0.39 is 0 Å². The number of hydrogen-bond donors (Lipinski definition) is 0. The normalized spacial score (nSPS) is 11.7. The Bertz CT molecular complexity index is 9840. The Morgan fingerprint density at radius 1 is 0.181 bits per heavy atom. The van der Waals surface area contributed by atoms with E-state index in [0.717, 1.165) is 79.0 Å². The van der Waals surface area contributed by atoms with Gasteiger partial charge in [0.1, 0.15) is 0 Å². The predicted octanol–water partition coefficient (Wildman–Crippen LogP) is 38.7. The minimum absolute atomic E-state index is 1.09. The summed E-state index contributed by atoms with van der Waals surface area (Å²) >= 11 is 3.78. The third-order valence-electron chi connectivity index (χ3n) is 28.9. The molecule has 0 aliphatic heterocycles. The average molecular weight is 1870 g/mol. The fraction of sp³-hybridized carbons (Fsp3) is 0. The second-order valence-electron chi connectivity index (χ2n) is 37.1. The van der Waals surface area contributed by atoms with Crippen LogP contribution in [-0.2, 0) is 0 Å². The standard InChI is InChI=1S/C84H56N4S.C52H34N2S/c1-7-23-61(24-8-1)85(62-25-9-2-10-26-62)67-45-39-57(40-46-67)69-51-52-74-77-55-75(59-43-49-72-70-35-19-21-37-78(70)87(80(72)53-59)65-31-15-5-16-32-65)76(58-41-47-68(48-42-58)86(63-27-11-3-12-28-63)64-29-13-4-14-30-64)56-82(77)89-84(74)83(69)60-44-50-73-71-36-20-22-38-79(71)88(81(73)54-60)66-33-17-6-18-34-66;1-3-33-12-9-14-35(28-33)37-22-25-48-43(30-37)40-16-5-7-19-46(40)53(48)39-24-27-51-45(32-39)42-18-11-21-50(52(42)55-51)54-47-20-8-6-17-41(47)44-31-38(23-26-49(44)54)36-15-10-13-34(4-2)29-36/h1-56H;3-32H,1-2H2. The zero-order valence-electron chi connectivity index (χ0n) is 78.6. The summed E-state index contributed by atoms with van der Waals surface area (Å²) in [4.78, 5) is 4.67. The van der Waals surface area contributed by atoms with Crippen molar-refractivity contribution in [2.75, 3.05) is 9.80 Å². The van der Waals surface area contributed by atoms with Gasteiger partial charge in [0.2, 0.25) is 0 Å². The van der Waals surface area contributed by atoms with E-state index in [0.29, 0.717) is 0 Å². The number of nitrogens with zero attached hydrogens (tertiary/aromatic N) is 6. The molecule has 8 heteroatoms. The molecule has 0 radical (unpaired) electrons. The molecular weight excluding hydrogens is 1780 g/mol. The molecule has 22 aromatic carbocycles. The van der Waals surface area contributed by atoms with E-state index in [1.807, 2.05) is 34.8 Å². The van der Waals surface area contributed by atoms with Gasteiger partial charge in [-0.15, -0.1) is 22.7 Å². The molecule has 0 saturated carbocycles. The van der Waals surface area contributed by atoms with Crippen molar-refractivity contribution in [3.63, 3.8) is 0 Å². The number of hydrogen-bond acceptors (Lipinski definition) is 4. The first kappa shape index (κ1) is 84.8. The van der Waals surface area contributed by atoms with E-state index in [9.17, 15) is 0 Å². The third kappa shape index (κ3) is 14.5. The van der Waals surface area contributed by atoms with Crippen molar-refractivity contribution in [2.24, 2.45) is 0 Å². The minimum atomic E-state index is 1.09. The zero-order chi connectivity index (χ0) is 95.4. The van der Waals surface area contributed by atoms with Crippen LogP contribution in [0, 0.1) is 0 Å². The maximum atomic E-state index is 3.99. The Kier molecular flexibility index (Phi) is 20.9. The van der Waals surface area contributed by atoms with Crippen LogP contribution in [0.25, 0.3) is 229 Å². The molecule has 0 amide bonds. The molecule has 676 valence electrons. The molecule has 0 aliphatic rings. The topological polar surface area (TPSA) is 26.2 Å². The van der Waals surface area contributed by atoms with E-state index in [-0.39, 0.29) is 0 Å². The SMILES string of the molecule is C=Cc1cccc(-c2ccc3c(c2)c2ccccc2n3-c2ccc3sc4c(-n5c6ccccc6c6cc(-c7cccc(C=C)c7)ccc65)cccc4c3c2)c1.c1ccc(N(c2ccccc2)c2ccc(-c3cc4sc5c(-c6ccc7c8ccccc8n(-c8ccccc8)c7c6)c(-c6ccc(N(c7ccccc7)c7ccccc7)cc6)ccc5c4cc3-c3ccc4c5ccccc5n(-c5ccccc5)c4c3)cc2)cc1. The fourth-order valence-corrected chi connectivity index (χ4v) is 24.7. The molecular formula is C136H90N6S2. The van der Waals surface area contributed by atoms with Crippen LogP contribution in [0.4, 0.5) is 34.1 Å². The van der Waals surface area contributed by atoms with Gasteiger partial charge in [0.25, 0.3) is 0 Å². The van der Waals surface area contributed by atoms with E-state index in [2.05, 4.69) is 551 Å². The smallest absolute Gasteiger partial charge is 0.0640 e. The highest BCUT2D eigenvalue weighted by Crippen LogP contribution is 2.53. The largest absolute Gasteiger partial charge is 0.311 e. The highest BCUT2D eigenvalue weighted by Gasteiger charge is 2.27. The Hall–Kier alpha value is -18.4. The maximum absolute atomic E-state index is 3.99. The van der Waals surface area contributed by atoms with Crippen molar-refractivity contribution >= 4 is 197 Å². The van der Waals surface area contributed by atoms with Gasteiger partial charge in [-0.25, -0.2) is 0 Å². The van der Waals surface area contributed by atoms with Crippen molar-refractivity contribution in [2.45, 2.75) is 0 Å².